The maximum absolute atomic E-state index is 12.0. The van der Waals surface area contributed by atoms with E-state index in [1.54, 1.807) is 24.3 Å². The number of carbonyl (C=O) groups excluding carboxylic acids is 1. The fraction of sp³-hybridized carbons (Fsp3) is 0.222. The zero-order valence-electron chi connectivity index (χ0n) is 14.0. The van der Waals surface area contributed by atoms with E-state index in [0.717, 1.165) is 5.56 Å². The maximum atomic E-state index is 12.0. The number of aromatic hydroxyl groups is 1. The van der Waals surface area contributed by atoms with Crippen LogP contribution in [-0.4, -0.2) is 37.6 Å². The van der Waals surface area contributed by atoms with Gasteiger partial charge in [-0.05, 0) is 35.4 Å². The first kappa shape index (κ1) is 17.9. The first-order valence-electron chi connectivity index (χ1n) is 7.84. The van der Waals surface area contributed by atoms with Gasteiger partial charge in [0.25, 0.3) is 0 Å². The number of phenols is 1. The van der Waals surface area contributed by atoms with Crippen LogP contribution < -0.4 is 19.6 Å². The predicted octanol–water partition coefficient (Wildman–Crippen LogP) is 2.52. The molecule has 0 saturated heterocycles. The number of nitrogens with zero attached hydrogens (tertiary/aromatic N) is 1. The molecule has 1 amide bonds. The van der Waals surface area contributed by atoms with Crippen molar-refractivity contribution in [1.29, 1.82) is 0 Å². The Hall–Kier alpha value is -2.93. The monoisotopic (exact) mass is 376 g/mol. The highest BCUT2D eigenvalue weighted by atomic mass is 35.5. The van der Waals surface area contributed by atoms with Gasteiger partial charge in [-0.15, -0.1) is 0 Å². The lowest BCUT2D eigenvalue weighted by Crippen LogP contribution is -2.20. The molecule has 26 heavy (non-hydrogen) atoms. The van der Waals surface area contributed by atoms with Gasteiger partial charge in [-0.2, -0.15) is 5.10 Å². The highest BCUT2D eigenvalue weighted by Gasteiger charge is 2.13. The molecule has 0 fully saturated rings. The molecule has 136 valence electrons. The number of fused-ring (bicyclic) bond motifs is 1. The van der Waals surface area contributed by atoms with Gasteiger partial charge in [0.05, 0.1) is 24.8 Å². The molecule has 8 heteroatoms. The minimum atomic E-state index is -0.283. The van der Waals surface area contributed by atoms with Crippen LogP contribution in [0.4, 0.5) is 0 Å². The maximum Gasteiger partial charge on any atom is 0.244 e. The molecule has 0 saturated carbocycles. The molecular formula is C18H17ClN2O5. The van der Waals surface area contributed by atoms with Crippen LogP contribution in [0.3, 0.4) is 0 Å². The Bertz CT molecular complexity index is 854. The SMILES string of the molecule is COc1cc(/C=N/NC(=O)Cc2ccc3c(c2)OCCO3)cc(Cl)c1O. The summed E-state index contributed by atoms with van der Waals surface area (Å²) in [6.07, 6.45) is 1.56. The third-order valence-corrected chi connectivity index (χ3v) is 3.93. The van der Waals surface area contributed by atoms with Gasteiger partial charge in [0.2, 0.25) is 5.91 Å². The van der Waals surface area contributed by atoms with Gasteiger partial charge in [-0.3, -0.25) is 4.79 Å². The average molecular weight is 377 g/mol. The molecule has 0 unspecified atom stereocenters. The van der Waals surface area contributed by atoms with E-state index in [1.807, 2.05) is 0 Å². The van der Waals surface area contributed by atoms with E-state index >= 15 is 0 Å². The first-order valence-corrected chi connectivity index (χ1v) is 8.21. The van der Waals surface area contributed by atoms with E-state index in [0.29, 0.717) is 30.3 Å². The number of ether oxygens (including phenoxy) is 3. The van der Waals surface area contributed by atoms with Gasteiger partial charge in [-0.25, -0.2) is 5.43 Å². The standard InChI is InChI=1S/C18H17ClN2O5/c1-24-16-8-12(6-13(19)18(16)23)10-20-21-17(22)9-11-2-3-14-15(7-11)26-5-4-25-14/h2-3,6-8,10,23H,4-5,9H2,1H3,(H,21,22)/b20-10+. The zero-order valence-corrected chi connectivity index (χ0v) is 14.7. The molecule has 0 aromatic heterocycles. The summed E-state index contributed by atoms with van der Waals surface area (Å²) in [7, 11) is 1.42. The molecule has 1 aliphatic heterocycles. The summed E-state index contributed by atoms with van der Waals surface area (Å²) in [6.45, 7) is 1.01. The largest absolute Gasteiger partial charge is 0.503 e. The van der Waals surface area contributed by atoms with Crippen LogP contribution in [0.1, 0.15) is 11.1 Å². The second kappa shape index (κ2) is 7.97. The summed E-state index contributed by atoms with van der Waals surface area (Å²) < 4.78 is 16.0. The third-order valence-electron chi connectivity index (χ3n) is 3.64. The highest BCUT2D eigenvalue weighted by molar-refractivity contribution is 6.32. The number of nitrogens with one attached hydrogen (secondary N) is 1. The zero-order chi connectivity index (χ0) is 18.5. The lowest BCUT2D eigenvalue weighted by atomic mass is 10.1. The Kier molecular flexibility index (Phi) is 5.48. The van der Waals surface area contributed by atoms with Gasteiger partial charge in [0, 0.05) is 0 Å². The summed E-state index contributed by atoms with van der Waals surface area (Å²) >= 11 is 5.90. The number of phenolic OH excluding ortho intramolecular Hbond substituents is 1. The molecular weight excluding hydrogens is 360 g/mol. The Morgan fingerprint density at radius 3 is 2.85 bits per heavy atom. The molecule has 3 rings (SSSR count). The van der Waals surface area contributed by atoms with Crippen LogP contribution in [-0.2, 0) is 11.2 Å². The Morgan fingerprint density at radius 2 is 2.08 bits per heavy atom. The van der Waals surface area contributed by atoms with Crippen LogP contribution in [0.2, 0.25) is 5.02 Å². The number of hydrogen-bond acceptors (Lipinski definition) is 6. The van der Waals surface area contributed by atoms with E-state index in [1.165, 1.54) is 19.4 Å². The summed E-state index contributed by atoms with van der Waals surface area (Å²) in [4.78, 5) is 12.0. The van der Waals surface area contributed by atoms with Crippen molar-refractivity contribution >= 4 is 23.7 Å². The van der Waals surface area contributed by atoms with Crippen molar-refractivity contribution in [3.05, 3.63) is 46.5 Å². The normalized spacial score (nSPS) is 12.8. The fourth-order valence-corrected chi connectivity index (χ4v) is 2.64. The van der Waals surface area contributed by atoms with Gasteiger partial charge in [0.1, 0.15) is 13.2 Å². The van der Waals surface area contributed by atoms with Crippen LogP contribution >= 0.6 is 11.6 Å². The number of hydrogen-bond donors (Lipinski definition) is 2. The third kappa shape index (κ3) is 4.18. The van der Waals surface area contributed by atoms with E-state index < -0.39 is 0 Å². The van der Waals surface area contributed by atoms with Gasteiger partial charge >= 0.3 is 0 Å². The topological polar surface area (TPSA) is 89.4 Å². The van der Waals surface area contributed by atoms with Crippen LogP contribution in [0.25, 0.3) is 0 Å². The van der Waals surface area contributed by atoms with E-state index in [4.69, 9.17) is 25.8 Å². The molecule has 2 aromatic rings. The molecule has 0 aliphatic carbocycles. The summed E-state index contributed by atoms with van der Waals surface area (Å²) in [5.41, 5.74) is 3.80. The summed E-state index contributed by atoms with van der Waals surface area (Å²) in [6, 6.07) is 8.43. The minimum absolute atomic E-state index is 0.133. The molecule has 0 radical (unpaired) electrons. The first-order chi connectivity index (χ1) is 12.6. The summed E-state index contributed by atoms with van der Waals surface area (Å²) in [5, 5.41) is 13.7. The molecule has 1 aliphatic rings. The number of carbonyl (C=O) groups is 1. The number of hydrazone groups is 1. The van der Waals surface area contributed by atoms with Crippen LogP contribution in [0.15, 0.2) is 35.4 Å². The Balaban J connectivity index is 1.60. The summed E-state index contributed by atoms with van der Waals surface area (Å²) in [5.74, 6) is 1.11. The Morgan fingerprint density at radius 1 is 1.31 bits per heavy atom. The van der Waals surface area contributed by atoms with Crippen molar-refractivity contribution in [3.8, 4) is 23.0 Å². The van der Waals surface area contributed by atoms with Crippen molar-refractivity contribution < 1.29 is 24.1 Å². The van der Waals surface area contributed by atoms with Crippen molar-refractivity contribution in [2.45, 2.75) is 6.42 Å². The lowest BCUT2D eigenvalue weighted by Gasteiger charge is -2.18. The molecule has 0 atom stereocenters. The molecule has 0 bridgehead atoms. The van der Waals surface area contributed by atoms with E-state index in [2.05, 4.69) is 10.5 Å². The molecule has 2 aromatic carbocycles. The number of benzene rings is 2. The van der Waals surface area contributed by atoms with Crippen molar-refractivity contribution in [2.75, 3.05) is 20.3 Å². The second-order valence-corrected chi connectivity index (χ2v) is 5.91. The van der Waals surface area contributed by atoms with Crippen LogP contribution in [0.5, 0.6) is 23.0 Å². The van der Waals surface area contributed by atoms with Gasteiger partial charge in [0.15, 0.2) is 23.0 Å². The quantitative estimate of drug-likeness (QED) is 0.618. The molecule has 2 N–H and O–H groups in total. The predicted molar refractivity (Wildman–Crippen MR) is 96.5 cm³/mol. The molecule has 1 heterocycles. The second-order valence-electron chi connectivity index (χ2n) is 5.50. The Labute approximate surface area is 155 Å². The van der Waals surface area contributed by atoms with Crippen molar-refractivity contribution in [3.63, 3.8) is 0 Å². The van der Waals surface area contributed by atoms with E-state index in [-0.39, 0.29) is 28.8 Å². The number of halogens is 1. The number of methoxy groups -OCH3 is 1. The van der Waals surface area contributed by atoms with Crippen molar-refractivity contribution in [2.24, 2.45) is 5.10 Å². The van der Waals surface area contributed by atoms with Crippen molar-refractivity contribution in [1.82, 2.24) is 5.43 Å². The smallest absolute Gasteiger partial charge is 0.244 e. The van der Waals surface area contributed by atoms with Gasteiger partial charge < -0.3 is 19.3 Å². The highest BCUT2D eigenvalue weighted by Crippen LogP contribution is 2.34. The fourth-order valence-electron chi connectivity index (χ4n) is 2.43. The lowest BCUT2D eigenvalue weighted by molar-refractivity contribution is -0.120. The number of rotatable bonds is 5. The molecule has 0 spiro atoms. The van der Waals surface area contributed by atoms with Crippen LogP contribution in [0, 0.1) is 0 Å². The van der Waals surface area contributed by atoms with E-state index in [9.17, 15) is 9.90 Å². The van der Waals surface area contributed by atoms with Gasteiger partial charge in [-0.1, -0.05) is 17.7 Å². The average Bonchev–Trinajstić information content (AvgIpc) is 2.64. The molecule has 7 nitrogen and oxygen atoms in total. The minimum Gasteiger partial charge on any atom is -0.503 e. The number of amides is 1.